The number of benzene rings is 2. The molecular formula is C21H21FN4O2. The minimum Gasteiger partial charge on any atom is -0.495 e. The lowest BCUT2D eigenvalue weighted by atomic mass is 10.2. The van der Waals surface area contributed by atoms with Crippen LogP contribution in [0.1, 0.15) is 12.8 Å². The number of carbonyl (C=O) groups excluding carboxylic acids is 1. The number of hydrogen-bond donors (Lipinski definition) is 2. The summed E-state index contributed by atoms with van der Waals surface area (Å²) >= 11 is 0. The van der Waals surface area contributed by atoms with E-state index >= 15 is 0 Å². The van der Waals surface area contributed by atoms with Crippen LogP contribution in [-0.2, 0) is 0 Å². The van der Waals surface area contributed by atoms with E-state index in [0.29, 0.717) is 28.0 Å². The fourth-order valence-corrected chi connectivity index (χ4v) is 3.41. The van der Waals surface area contributed by atoms with Crippen LogP contribution in [0, 0.1) is 5.82 Å². The first-order valence-corrected chi connectivity index (χ1v) is 9.20. The van der Waals surface area contributed by atoms with Crippen molar-refractivity contribution in [1.82, 2.24) is 4.98 Å². The molecule has 1 aliphatic rings. The number of methoxy groups -OCH3 is 1. The molecule has 1 fully saturated rings. The Kier molecular flexibility index (Phi) is 4.97. The Balaban J connectivity index is 1.54. The molecule has 1 aliphatic heterocycles. The number of amides is 2. The van der Waals surface area contributed by atoms with Gasteiger partial charge in [0.15, 0.2) is 5.82 Å². The molecule has 0 atom stereocenters. The molecule has 28 heavy (non-hydrogen) atoms. The zero-order valence-electron chi connectivity index (χ0n) is 15.5. The fourth-order valence-electron chi connectivity index (χ4n) is 3.41. The quantitative estimate of drug-likeness (QED) is 0.693. The molecule has 2 amide bonds. The minimum absolute atomic E-state index is 0.306. The maximum absolute atomic E-state index is 14.6. The standard InChI is InChI=1S/C21H21FN4O2/c1-28-18-7-3-2-6-17(18)24-21(27)23-15-12-14-8-9-19(26-10-4-5-11-26)25-20(14)16(22)13-15/h2-3,6-9,12-13H,4-5,10-11H2,1H3,(H2,23,24,27). The number of fused-ring (bicyclic) bond motifs is 1. The van der Waals surface area contributed by atoms with E-state index in [0.717, 1.165) is 31.7 Å². The average molecular weight is 380 g/mol. The third-order valence-electron chi connectivity index (χ3n) is 4.77. The molecule has 2 heterocycles. The lowest BCUT2D eigenvalue weighted by Crippen LogP contribution is -2.20. The van der Waals surface area contributed by atoms with Gasteiger partial charge in [0.2, 0.25) is 0 Å². The number of hydrogen-bond acceptors (Lipinski definition) is 4. The van der Waals surface area contributed by atoms with Crippen LogP contribution in [0.5, 0.6) is 5.75 Å². The summed E-state index contributed by atoms with van der Waals surface area (Å²) in [5.41, 5.74) is 1.19. The Bertz CT molecular complexity index is 1020. The highest BCUT2D eigenvalue weighted by atomic mass is 19.1. The van der Waals surface area contributed by atoms with E-state index in [2.05, 4.69) is 20.5 Å². The van der Waals surface area contributed by atoms with E-state index < -0.39 is 11.8 Å². The third kappa shape index (κ3) is 3.69. The molecule has 3 aromatic rings. The lowest BCUT2D eigenvalue weighted by Gasteiger charge is -2.17. The van der Waals surface area contributed by atoms with E-state index in [9.17, 15) is 9.18 Å². The summed E-state index contributed by atoms with van der Waals surface area (Å²) in [7, 11) is 1.53. The van der Waals surface area contributed by atoms with Gasteiger partial charge in [0.1, 0.15) is 17.1 Å². The maximum atomic E-state index is 14.6. The van der Waals surface area contributed by atoms with Gasteiger partial charge in [-0.25, -0.2) is 14.2 Å². The number of rotatable bonds is 4. The van der Waals surface area contributed by atoms with E-state index in [1.165, 1.54) is 13.2 Å². The van der Waals surface area contributed by atoms with Crippen molar-refractivity contribution in [3.8, 4) is 5.75 Å². The highest BCUT2D eigenvalue weighted by Crippen LogP contribution is 2.27. The van der Waals surface area contributed by atoms with Gasteiger partial charge >= 0.3 is 6.03 Å². The zero-order chi connectivity index (χ0) is 19.5. The molecule has 0 aliphatic carbocycles. The van der Waals surface area contributed by atoms with Crippen molar-refractivity contribution >= 4 is 34.1 Å². The molecule has 0 bridgehead atoms. The first-order chi connectivity index (χ1) is 13.6. The lowest BCUT2D eigenvalue weighted by molar-refractivity contribution is 0.262. The predicted octanol–water partition coefficient (Wildman–Crippen LogP) is 4.63. The number of nitrogens with one attached hydrogen (secondary N) is 2. The van der Waals surface area contributed by atoms with E-state index in [4.69, 9.17) is 4.74 Å². The van der Waals surface area contributed by atoms with Crippen molar-refractivity contribution < 1.29 is 13.9 Å². The molecule has 0 spiro atoms. The smallest absolute Gasteiger partial charge is 0.323 e. The van der Waals surface area contributed by atoms with Crippen molar-refractivity contribution in [1.29, 1.82) is 0 Å². The summed E-state index contributed by atoms with van der Waals surface area (Å²) in [5, 5.41) is 6.00. The largest absolute Gasteiger partial charge is 0.495 e. The molecule has 7 heteroatoms. The second-order valence-corrected chi connectivity index (χ2v) is 6.67. The number of nitrogens with zero attached hydrogens (tertiary/aromatic N) is 2. The molecule has 0 radical (unpaired) electrons. The zero-order valence-corrected chi connectivity index (χ0v) is 15.5. The van der Waals surface area contributed by atoms with Gasteiger partial charge in [-0.3, -0.25) is 0 Å². The highest BCUT2D eigenvalue weighted by molar-refractivity contribution is 6.01. The second kappa shape index (κ2) is 7.72. The fraction of sp³-hybridized carbons (Fsp3) is 0.238. The Morgan fingerprint density at radius 1 is 1.11 bits per heavy atom. The molecule has 1 saturated heterocycles. The molecular weight excluding hydrogens is 359 g/mol. The molecule has 2 aromatic carbocycles. The Morgan fingerprint density at radius 2 is 1.89 bits per heavy atom. The first-order valence-electron chi connectivity index (χ1n) is 9.20. The van der Waals surface area contributed by atoms with Crippen molar-refractivity contribution in [3.05, 3.63) is 54.3 Å². The summed E-state index contributed by atoms with van der Waals surface area (Å²) in [4.78, 5) is 18.9. The molecule has 6 nitrogen and oxygen atoms in total. The number of pyridine rings is 1. The summed E-state index contributed by atoms with van der Waals surface area (Å²) in [6.45, 7) is 1.89. The van der Waals surface area contributed by atoms with Gasteiger partial charge in [0.05, 0.1) is 12.8 Å². The predicted molar refractivity (Wildman–Crippen MR) is 109 cm³/mol. The summed E-state index contributed by atoms with van der Waals surface area (Å²) in [5.74, 6) is 0.866. The summed E-state index contributed by atoms with van der Waals surface area (Å²) in [6, 6.07) is 13.3. The van der Waals surface area contributed by atoms with Crippen molar-refractivity contribution in [2.45, 2.75) is 12.8 Å². The molecule has 144 valence electrons. The number of para-hydroxylation sites is 2. The summed E-state index contributed by atoms with van der Waals surface area (Å²) < 4.78 is 19.8. The SMILES string of the molecule is COc1ccccc1NC(=O)Nc1cc(F)c2nc(N3CCCC3)ccc2c1. The van der Waals surface area contributed by atoms with Gasteiger partial charge in [-0.1, -0.05) is 12.1 Å². The van der Waals surface area contributed by atoms with Crippen LogP contribution >= 0.6 is 0 Å². The molecule has 4 rings (SSSR count). The number of aromatic nitrogens is 1. The number of halogens is 1. The van der Waals surface area contributed by atoms with Crippen LogP contribution in [0.2, 0.25) is 0 Å². The van der Waals surface area contributed by atoms with Crippen molar-refractivity contribution in [2.75, 3.05) is 35.7 Å². The van der Waals surface area contributed by atoms with E-state index in [-0.39, 0.29) is 0 Å². The van der Waals surface area contributed by atoms with Crippen LogP contribution in [0.15, 0.2) is 48.5 Å². The molecule has 0 unspecified atom stereocenters. The molecule has 2 N–H and O–H groups in total. The first kappa shape index (κ1) is 18.0. The van der Waals surface area contributed by atoms with Crippen molar-refractivity contribution in [2.24, 2.45) is 0 Å². The van der Waals surface area contributed by atoms with E-state index in [1.807, 2.05) is 18.2 Å². The topological polar surface area (TPSA) is 66.5 Å². The van der Waals surface area contributed by atoms with Gasteiger partial charge in [-0.05, 0) is 49.2 Å². The van der Waals surface area contributed by atoms with Gasteiger partial charge < -0.3 is 20.3 Å². The van der Waals surface area contributed by atoms with E-state index in [1.54, 1.807) is 24.3 Å². The highest BCUT2D eigenvalue weighted by Gasteiger charge is 2.16. The van der Waals surface area contributed by atoms with Gasteiger partial charge in [-0.2, -0.15) is 0 Å². The van der Waals surface area contributed by atoms with Crippen molar-refractivity contribution in [3.63, 3.8) is 0 Å². The Labute approximate surface area is 162 Å². The minimum atomic E-state index is -0.482. The van der Waals surface area contributed by atoms with Gasteiger partial charge in [0.25, 0.3) is 0 Å². The monoisotopic (exact) mass is 380 g/mol. The Morgan fingerprint density at radius 3 is 2.68 bits per heavy atom. The summed E-state index contributed by atoms with van der Waals surface area (Å²) in [6.07, 6.45) is 2.26. The molecule has 0 saturated carbocycles. The normalized spacial score (nSPS) is 13.6. The van der Waals surface area contributed by atoms with Crippen LogP contribution in [-0.4, -0.2) is 31.2 Å². The van der Waals surface area contributed by atoms with Crippen LogP contribution in [0.25, 0.3) is 10.9 Å². The number of ether oxygens (including phenoxy) is 1. The van der Waals surface area contributed by atoms with Gasteiger partial charge in [-0.15, -0.1) is 0 Å². The van der Waals surface area contributed by atoms with Crippen LogP contribution < -0.4 is 20.3 Å². The molecule has 1 aromatic heterocycles. The second-order valence-electron chi connectivity index (χ2n) is 6.67. The van der Waals surface area contributed by atoms with Gasteiger partial charge in [0, 0.05) is 24.2 Å². The Hall–Kier alpha value is -3.35. The van der Waals surface area contributed by atoms with Crippen LogP contribution in [0.4, 0.5) is 26.4 Å². The maximum Gasteiger partial charge on any atom is 0.323 e. The number of anilines is 3. The number of carbonyl (C=O) groups is 1. The third-order valence-corrected chi connectivity index (χ3v) is 4.77. The number of urea groups is 1. The average Bonchev–Trinajstić information content (AvgIpc) is 3.23. The van der Waals surface area contributed by atoms with Crippen LogP contribution in [0.3, 0.4) is 0 Å².